The van der Waals surface area contributed by atoms with Crippen molar-refractivity contribution in [3.8, 4) is 0 Å². The monoisotopic (exact) mass is 365 g/mol. The molecule has 1 fully saturated rings. The van der Waals surface area contributed by atoms with Gasteiger partial charge in [-0.15, -0.1) is 0 Å². The van der Waals surface area contributed by atoms with Gasteiger partial charge in [-0.1, -0.05) is 0 Å². The standard InChI is InChI=1S/C10H14BrN5O5/c11-9-13-3-6(14-10(12)15-7(3)20)16(9)8-5(19)4(18)2(1-17)21-8/h2,4-5,8,10,17-19H,1,12H2,(H2,14,15,20)/p+2/t2-,4-,5-,8+,10-/m0/s1. The summed E-state index contributed by atoms with van der Waals surface area (Å²) >= 11 is 3.26. The Labute approximate surface area is 127 Å². The van der Waals surface area contributed by atoms with E-state index in [0.29, 0.717) is 10.6 Å². The molecule has 1 aromatic rings. The summed E-state index contributed by atoms with van der Waals surface area (Å²) in [5.41, 5.74) is 3.96. The van der Waals surface area contributed by atoms with Crippen LogP contribution in [-0.2, 0) is 4.74 Å². The summed E-state index contributed by atoms with van der Waals surface area (Å²) in [4.78, 5) is 14.7. The van der Waals surface area contributed by atoms with Gasteiger partial charge in [-0.25, -0.2) is 5.32 Å². The number of nitrogens with zero attached hydrogens (tertiary/aromatic N) is 1. The molecule has 1 saturated heterocycles. The smallest absolute Gasteiger partial charge is 0.297 e. The second-order valence-electron chi connectivity index (χ2n) is 4.91. The van der Waals surface area contributed by atoms with Crippen molar-refractivity contribution in [3.63, 3.8) is 0 Å². The number of imidazole rings is 1. The van der Waals surface area contributed by atoms with Crippen molar-refractivity contribution in [2.75, 3.05) is 11.9 Å². The highest BCUT2D eigenvalue weighted by Crippen LogP contribution is 2.29. The van der Waals surface area contributed by atoms with E-state index in [1.807, 2.05) is 0 Å². The van der Waals surface area contributed by atoms with Crippen molar-refractivity contribution >= 4 is 27.7 Å². The van der Waals surface area contributed by atoms with Crippen LogP contribution in [-0.4, -0.2) is 57.4 Å². The highest BCUT2D eigenvalue weighted by atomic mass is 79.9. The Balaban J connectivity index is 2.02. The van der Waals surface area contributed by atoms with Gasteiger partial charge in [0.15, 0.2) is 0 Å². The van der Waals surface area contributed by atoms with Crippen molar-refractivity contribution in [1.29, 1.82) is 0 Å². The zero-order valence-electron chi connectivity index (χ0n) is 10.8. The third-order valence-electron chi connectivity index (χ3n) is 3.53. The van der Waals surface area contributed by atoms with Crippen LogP contribution in [0, 0.1) is 0 Å². The van der Waals surface area contributed by atoms with Crippen LogP contribution in [0.25, 0.3) is 0 Å². The predicted molar refractivity (Wildman–Crippen MR) is 69.5 cm³/mol. The number of aliphatic hydroxyl groups excluding tert-OH is 3. The van der Waals surface area contributed by atoms with Crippen LogP contribution < -0.4 is 20.9 Å². The number of quaternary nitrogens is 1. The lowest BCUT2D eigenvalue weighted by Gasteiger charge is -2.19. The number of hydrogen-bond acceptors (Lipinski definition) is 6. The molecular weight excluding hydrogens is 350 g/mol. The van der Waals surface area contributed by atoms with Crippen LogP contribution in [0.2, 0.25) is 0 Å². The van der Waals surface area contributed by atoms with Crippen molar-refractivity contribution in [1.82, 2.24) is 10.3 Å². The molecule has 3 rings (SSSR count). The fourth-order valence-electron chi connectivity index (χ4n) is 2.51. The largest absolute Gasteiger partial charge is 0.394 e. The van der Waals surface area contributed by atoms with Crippen LogP contribution in [0.5, 0.6) is 0 Å². The number of carbonyl (C=O) groups is 1. The summed E-state index contributed by atoms with van der Waals surface area (Å²) in [5.74, 6) is 0.0235. The Morgan fingerprint density at radius 1 is 1.33 bits per heavy atom. The van der Waals surface area contributed by atoms with Crippen LogP contribution in [0.15, 0.2) is 4.73 Å². The van der Waals surface area contributed by atoms with Gasteiger partial charge in [0, 0.05) is 15.9 Å². The Bertz CT molecular complexity index is 580. The average Bonchev–Trinajstić information content (AvgIpc) is 2.89. The van der Waals surface area contributed by atoms with E-state index in [1.165, 1.54) is 4.57 Å². The number of halogens is 1. The average molecular weight is 366 g/mol. The van der Waals surface area contributed by atoms with E-state index < -0.39 is 37.4 Å². The number of anilines is 1. The van der Waals surface area contributed by atoms with Crippen molar-refractivity contribution in [2.24, 2.45) is 0 Å². The summed E-state index contributed by atoms with van der Waals surface area (Å²) in [6.45, 7) is -0.425. The van der Waals surface area contributed by atoms with E-state index in [2.05, 4.69) is 37.3 Å². The summed E-state index contributed by atoms with van der Waals surface area (Å²) < 4.78 is 7.31. The normalized spacial score (nSPS) is 35.3. The van der Waals surface area contributed by atoms with Gasteiger partial charge in [-0.3, -0.25) is 15.1 Å². The minimum absolute atomic E-state index is 0.250. The van der Waals surface area contributed by atoms with Gasteiger partial charge < -0.3 is 25.8 Å². The maximum absolute atomic E-state index is 11.9. The van der Waals surface area contributed by atoms with Crippen molar-refractivity contribution in [3.05, 3.63) is 10.4 Å². The number of amides is 1. The molecule has 0 aliphatic carbocycles. The first-order chi connectivity index (χ1) is 9.93. The minimum atomic E-state index is -1.25. The molecule has 1 amide bonds. The second-order valence-corrected chi connectivity index (χ2v) is 5.66. The zero-order chi connectivity index (χ0) is 15.3. The third-order valence-corrected chi connectivity index (χ3v) is 4.11. The molecule has 11 heteroatoms. The minimum Gasteiger partial charge on any atom is -0.394 e. The van der Waals surface area contributed by atoms with Gasteiger partial charge in [0.05, 0.1) is 6.61 Å². The quantitative estimate of drug-likeness (QED) is 0.268. The Morgan fingerprint density at radius 2 is 2.05 bits per heavy atom. The summed E-state index contributed by atoms with van der Waals surface area (Å²) in [6.07, 6.45) is -4.88. The first-order valence-electron chi connectivity index (χ1n) is 6.30. The lowest BCUT2D eigenvalue weighted by molar-refractivity contribution is -0.762. The van der Waals surface area contributed by atoms with Crippen LogP contribution in [0.3, 0.4) is 0 Å². The van der Waals surface area contributed by atoms with Gasteiger partial charge in [-0.2, -0.15) is 4.57 Å². The second kappa shape index (κ2) is 5.19. The van der Waals surface area contributed by atoms with Crippen LogP contribution in [0.1, 0.15) is 16.7 Å². The molecule has 21 heavy (non-hydrogen) atoms. The number of carbonyl (C=O) groups excluding carboxylic acids is 1. The first-order valence-corrected chi connectivity index (χ1v) is 7.09. The summed E-state index contributed by atoms with van der Waals surface area (Å²) in [5, 5.41) is 34.6. The van der Waals surface area contributed by atoms with Gasteiger partial charge in [0.1, 0.15) is 18.3 Å². The Kier molecular flexibility index (Phi) is 3.63. The molecule has 2 aliphatic heterocycles. The molecule has 0 bridgehead atoms. The first kappa shape index (κ1) is 14.7. The van der Waals surface area contributed by atoms with Crippen molar-refractivity contribution < 1.29 is 35.2 Å². The molecule has 5 atom stereocenters. The number of nitrogens with one attached hydrogen (secondary N) is 3. The number of aromatic nitrogens is 2. The van der Waals surface area contributed by atoms with E-state index in [0.717, 1.165) is 0 Å². The van der Waals surface area contributed by atoms with Crippen LogP contribution in [0.4, 0.5) is 5.82 Å². The Morgan fingerprint density at radius 3 is 2.67 bits per heavy atom. The molecule has 0 aromatic carbocycles. The van der Waals surface area contributed by atoms with Crippen LogP contribution >= 0.6 is 15.9 Å². The van der Waals surface area contributed by atoms with Gasteiger partial charge in [0.2, 0.25) is 11.9 Å². The molecule has 0 radical (unpaired) electrons. The van der Waals surface area contributed by atoms with Crippen molar-refractivity contribution in [2.45, 2.75) is 30.8 Å². The van der Waals surface area contributed by atoms with E-state index in [4.69, 9.17) is 9.84 Å². The number of fused-ring (bicyclic) bond motifs is 1. The molecule has 116 valence electrons. The van der Waals surface area contributed by atoms with E-state index in [9.17, 15) is 15.0 Å². The number of ether oxygens (including phenoxy) is 1. The number of hydrogen-bond donors (Lipinski definition) is 7. The SMILES string of the molecule is [NH3+][C@@H]1NC(=O)c2[nH]c(Br)[n+]([C@@H]3O[C@@H](CO)[C@H](O)[C@@H]3O)c2N1. The topological polar surface area (TPSA) is 158 Å². The molecule has 0 saturated carbocycles. The molecule has 10 nitrogen and oxygen atoms in total. The highest BCUT2D eigenvalue weighted by Gasteiger charge is 2.49. The predicted octanol–water partition coefficient (Wildman–Crippen LogP) is -3.64. The Hall–Kier alpha value is -1.24. The number of H-pyrrole nitrogens is 1. The maximum atomic E-state index is 11.9. The van der Waals surface area contributed by atoms with Gasteiger partial charge >= 0.3 is 0 Å². The molecule has 0 unspecified atom stereocenters. The van der Waals surface area contributed by atoms with E-state index >= 15 is 0 Å². The van der Waals surface area contributed by atoms with Gasteiger partial charge in [-0.05, 0) is 0 Å². The molecule has 9 N–H and O–H groups in total. The van der Waals surface area contributed by atoms with Gasteiger partial charge in [0.25, 0.3) is 22.7 Å². The molecule has 0 spiro atoms. The summed E-state index contributed by atoms with van der Waals surface area (Å²) in [6, 6.07) is 0. The highest BCUT2D eigenvalue weighted by molar-refractivity contribution is 9.10. The molecule has 2 aliphatic rings. The molecule has 1 aromatic heterocycles. The summed E-state index contributed by atoms with van der Waals surface area (Å²) in [7, 11) is 0. The van der Waals surface area contributed by atoms with E-state index in [1.54, 1.807) is 0 Å². The lowest BCUT2D eigenvalue weighted by atomic mass is 10.1. The molecular formula is C10H16BrN5O5+2. The lowest BCUT2D eigenvalue weighted by Crippen LogP contribution is -2.75. The third kappa shape index (κ3) is 2.22. The number of rotatable bonds is 2. The van der Waals surface area contributed by atoms with E-state index in [-0.39, 0.29) is 11.6 Å². The zero-order valence-corrected chi connectivity index (χ0v) is 12.4. The maximum Gasteiger partial charge on any atom is 0.297 e. The fourth-order valence-corrected chi connectivity index (χ4v) is 3.09. The number of aliphatic hydroxyl groups is 3. The fraction of sp³-hybridized carbons (Fsp3) is 0.600. The number of aromatic amines is 1. The molecule has 3 heterocycles.